The number of likely N-dealkylation sites (tertiary alicyclic amines) is 1. The van der Waals surface area contributed by atoms with Crippen molar-refractivity contribution >= 4 is 11.6 Å². The second kappa shape index (κ2) is 8.09. The van der Waals surface area contributed by atoms with Crippen LogP contribution in [-0.4, -0.2) is 54.2 Å². The van der Waals surface area contributed by atoms with E-state index in [0.29, 0.717) is 28.8 Å². The van der Waals surface area contributed by atoms with Gasteiger partial charge in [0.1, 0.15) is 7.11 Å². The van der Waals surface area contributed by atoms with Crippen molar-refractivity contribution in [3.8, 4) is 28.7 Å². The van der Waals surface area contributed by atoms with E-state index in [1.54, 1.807) is 25.1 Å². The molecule has 1 fully saturated rings. The average Bonchev–Trinajstić information content (AvgIpc) is 3.32. The summed E-state index contributed by atoms with van der Waals surface area (Å²) in [4.78, 5) is 19.3. The summed E-state index contributed by atoms with van der Waals surface area (Å²) in [5.41, 5.74) is 2.15. The molecule has 166 valence electrons. The average molecular weight is 443 g/mol. The second-order valence-electron chi connectivity index (χ2n) is 7.39. The predicted molar refractivity (Wildman–Crippen MR) is 109 cm³/mol. The van der Waals surface area contributed by atoms with Gasteiger partial charge < -0.3 is 24.3 Å². The highest BCUT2D eigenvalue weighted by Crippen LogP contribution is 2.50. The van der Waals surface area contributed by atoms with Gasteiger partial charge in [-0.25, -0.2) is 0 Å². The predicted octanol–water partition coefficient (Wildman–Crippen LogP) is 3.06. The van der Waals surface area contributed by atoms with Gasteiger partial charge in [-0.2, -0.15) is 5.26 Å². The van der Waals surface area contributed by atoms with Crippen LogP contribution in [0.4, 0.5) is 8.78 Å². The van der Waals surface area contributed by atoms with Crippen LogP contribution in [0.15, 0.2) is 35.5 Å². The molecule has 0 aliphatic carbocycles. The Kier molecular flexibility index (Phi) is 5.44. The number of carbonyl (C=O) groups is 1. The number of alkyl halides is 2. The first-order valence-electron chi connectivity index (χ1n) is 9.73. The Morgan fingerprint density at radius 1 is 1.31 bits per heavy atom. The molecular formula is C22H19F2N3O5. The van der Waals surface area contributed by atoms with Crippen LogP contribution < -0.4 is 9.47 Å². The van der Waals surface area contributed by atoms with E-state index in [2.05, 4.69) is 11.2 Å². The summed E-state index contributed by atoms with van der Waals surface area (Å²) in [6.07, 6.45) is -3.66. The summed E-state index contributed by atoms with van der Waals surface area (Å²) in [6, 6.07) is 9.25. The zero-order valence-corrected chi connectivity index (χ0v) is 17.3. The van der Waals surface area contributed by atoms with Crippen molar-refractivity contribution in [3.63, 3.8) is 0 Å². The third-order valence-electron chi connectivity index (χ3n) is 5.49. The number of carbonyl (C=O) groups excluding carboxylic acids is 1. The standard InChI is InChI=1S/C22H19F2N3O5/c1-12-13(9-25)4-3-5-16(12)17-6-7-18(20-19(17)31-22(23,24)32-20)21(29)27-10-14(26-30-2)8-15(27)11-28/h3-7,15,28H,8,10-11H2,1-2H3/b26-14+/t15-/m0/s1. The fraction of sp³-hybridized carbons (Fsp3) is 0.318. The van der Waals surface area contributed by atoms with E-state index >= 15 is 0 Å². The number of aliphatic hydroxyl groups excluding tert-OH is 1. The first-order valence-corrected chi connectivity index (χ1v) is 9.73. The molecule has 4 rings (SSSR count). The van der Waals surface area contributed by atoms with Crippen molar-refractivity contribution in [1.82, 2.24) is 4.90 Å². The van der Waals surface area contributed by atoms with Crippen LogP contribution in [0.5, 0.6) is 11.5 Å². The van der Waals surface area contributed by atoms with Crippen LogP contribution in [0.2, 0.25) is 0 Å². The molecular weight excluding hydrogens is 424 g/mol. The van der Waals surface area contributed by atoms with E-state index in [1.165, 1.54) is 24.1 Å². The molecule has 1 amide bonds. The van der Waals surface area contributed by atoms with E-state index in [1.807, 2.05) is 0 Å². The van der Waals surface area contributed by atoms with Crippen molar-refractivity contribution in [2.75, 3.05) is 20.3 Å². The molecule has 2 heterocycles. The molecule has 0 aromatic heterocycles. The summed E-state index contributed by atoms with van der Waals surface area (Å²) >= 11 is 0. The molecule has 2 aromatic carbocycles. The van der Waals surface area contributed by atoms with Crippen molar-refractivity contribution in [1.29, 1.82) is 5.26 Å². The SMILES string of the molecule is CO/N=C1\C[C@@H](CO)N(C(=O)c2ccc(-c3cccc(C#N)c3C)c3c2OC(F)(F)O3)C1. The number of nitriles is 1. The number of oxime groups is 1. The monoisotopic (exact) mass is 443 g/mol. The number of halogens is 2. The molecule has 2 aliphatic heterocycles. The molecule has 0 bridgehead atoms. The molecule has 0 unspecified atom stereocenters. The van der Waals surface area contributed by atoms with Gasteiger partial charge in [-0.1, -0.05) is 17.3 Å². The Balaban J connectivity index is 1.80. The highest BCUT2D eigenvalue weighted by Gasteiger charge is 2.48. The molecule has 2 aliphatic rings. The lowest BCUT2D eigenvalue weighted by molar-refractivity contribution is -0.286. The number of benzene rings is 2. The van der Waals surface area contributed by atoms with Crippen LogP contribution in [0, 0.1) is 18.3 Å². The molecule has 0 spiro atoms. The zero-order valence-electron chi connectivity index (χ0n) is 17.3. The number of amides is 1. The topological polar surface area (TPSA) is 104 Å². The minimum absolute atomic E-state index is 0.0784. The third kappa shape index (κ3) is 3.61. The fourth-order valence-corrected chi connectivity index (χ4v) is 3.98. The molecule has 2 aromatic rings. The van der Waals surface area contributed by atoms with E-state index in [4.69, 9.17) is 14.3 Å². The summed E-state index contributed by atoms with van der Waals surface area (Å²) in [7, 11) is 1.37. The molecule has 32 heavy (non-hydrogen) atoms. The Morgan fingerprint density at radius 3 is 2.75 bits per heavy atom. The molecule has 0 saturated carbocycles. The number of nitrogens with zero attached hydrogens (tertiary/aromatic N) is 3. The van der Waals surface area contributed by atoms with E-state index in [9.17, 15) is 23.9 Å². The van der Waals surface area contributed by atoms with Gasteiger partial charge in [0.25, 0.3) is 5.91 Å². The molecule has 1 atom stereocenters. The van der Waals surface area contributed by atoms with E-state index in [0.717, 1.165) is 0 Å². The summed E-state index contributed by atoms with van der Waals surface area (Å²) in [6.45, 7) is 1.44. The largest absolute Gasteiger partial charge is 0.586 e. The van der Waals surface area contributed by atoms with Gasteiger partial charge in [-0.15, -0.1) is 8.78 Å². The summed E-state index contributed by atoms with van der Waals surface area (Å²) in [5.74, 6) is -1.30. The normalized spacial score (nSPS) is 19.8. The van der Waals surface area contributed by atoms with Gasteiger partial charge in [0.2, 0.25) is 0 Å². The highest BCUT2D eigenvalue weighted by atomic mass is 19.3. The first-order chi connectivity index (χ1) is 15.3. The molecule has 1 saturated heterocycles. The Labute approximate surface area is 182 Å². The van der Waals surface area contributed by atoms with E-state index < -0.39 is 24.0 Å². The molecule has 0 radical (unpaired) electrons. The number of rotatable bonds is 4. The smallest absolute Gasteiger partial charge is 0.399 e. The van der Waals surface area contributed by atoms with Gasteiger partial charge in [-0.05, 0) is 36.2 Å². The number of hydrogen-bond acceptors (Lipinski definition) is 7. The lowest BCUT2D eigenvalue weighted by atomic mass is 9.94. The number of ether oxygens (including phenoxy) is 2. The third-order valence-corrected chi connectivity index (χ3v) is 5.49. The minimum Gasteiger partial charge on any atom is -0.399 e. The molecule has 8 nitrogen and oxygen atoms in total. The maximum absolute atomic E-state index is 14.1. The van der Waals surface area contributed by atoms with Gasteiger partial charge in [0.15, 0.2) is 11.5 Å². The lowest BCUT2D eigenvalue weighted by Gasteiger charge is -2.23. The second-order valence-corrected chi connectivity index (χ2v) is 7.39. The van der Waals surface area contributed by atoms with Gasteiger partial charge >= 0.3 is 6.29 Å². The van der Waals surface area contributed by atoms with Crippen molar-refractivity contribution < 1.29 is 33.0 Å². The van der Waals surface area contributed by atoms with Crippen LogP contribution in [0.25, 0.3) is 11.1 Å². The maximum atomic E-state index is 14.1. The Morgan fingerprint density at radius 2 is 2.06 bits per heavy atom. The number of aliphatic hydroxyl groups is 1. The highest BCUT2D eigenvalue weighted by molar-refractivity contribution is 6.03. The van der Waals surface area contributed by atoms with E-state index in [-0.39, 0.29) is 30.0 Å². The quantitative estimate of drug-likeness (QED) is 0.729. The van der Waals surface area contributed by atoms with Crippen molar-refractivity contribution in [2.24, 2.45) is 5.16 Å². The summed E-state index contributed by atoms with van der Waals surface area (Å²) in [5, 5.41) is 22.8. The van der Waals surface area contributed by atoms with Crippen LogP contribution >= 0.6 is 0 Å². The van der Waals surface area contributed by atoms with Crippen LogP contribution in [-0.2, 0) is 4.84 Å². The minimum atomic E-state index is -3.96. The number of fused-ring (bicyclic) bond motifs is 1. The molecule has 1 N–H and O–H groups in total. The van der Waals surface area contributed by atoms with Gasteiger partial charge in [0, 0.05) is 12.0 Å². The van der Waals surface area contributed by atoms with Gasteiger partial charge in [0.05, 0.1) is 42.1 Å². The number of hydrogen-bond donors (Lipinski definition) is 1. The first kappa shape index (κ1) is 21.5. The fourth-order valence-electron chi connectivity index (χ4n) is 3.98. The Bertz CT molecular complexity index is 1160. The Hall–Kier alpha value is -3.71. The lowest BCUT2D eigenvalue weighted by Crippen LogP contribution is -2.38. The molecule has 10 heteroatoms. The van der Waals surface area contributed by atoms with Crippen molar-refractivity contribution in [2.45, 2.75) is 25.7 Å². The maximum Gasteiger partial charge on any atom is 0.586 e. The summed E-state index contributed by atoms with van der Waals surface area (Å²) < 4.78 is 37.7. The van der Waals surface area contributed by atoms with Crippen LogP contribution in [0.3, 0.4) is 0 Å². The zero-order chi connectivity index (χ0) is 23.0. The van der Waals surface area contributed by atoms with Gasteiger partial charge in [-0.3, -0.25) is 4.79 Å². The van der Waals surface area contributed by atoms with Crippen LogP contribution in [0.1, 0.15) is 27.9 Å². The van der Waals surface area contributed by atoms with Crippen molar-refractivity contribution in [3.05, 3.63) is 47.0 Å².